The Kier molecular flexibility index (Phi) is 8.60. The van der Waals surface area contributed by atoms with E-state index in [-0.39, 0.29) is 36.3 Å². The maximum atomic E-state index is 12.9. The first kappa shape index (κ1) is 24.2. The van der Waals surface area contributed by atoms with Crippen molar-refractivity contribution in [1.82, 2.24) is 24.8 Å². The van der Waals surface area contributed by atoms with Crippen molar-refractivity contribution >= 4 is 5.91 Å². The number of nitrogens with zero attached hydrogens (tertiary/aromatic N) is 5. The summed E-state index contributed by atoms with van der Waals surface area (Å²) in [4.78, 5) is 16.9. The van der Waals surface area contributed by atoms with Crippen LogP contribution in [0.1, 0.15) is 37.9 Å². The lowest BCUT2D eigenvalue weighted by Crippen LogP contribution is -2.47. The van der Waals surface area contributed by atoms with Gasteiger partial charge in [-0.2, -0.15) is 0 Å². The van der Waals surface area contributed by atoms with E-state index in [4.69, 9.17) is 4.74 Å². The Labute approximate surface area is 189 Å². The van der Waals surface area contributed by atoms with Gasteiger partial charge in [0.1, 0.15) is 11.4 Å². The Hall–Kier alpha value is -2.49. The van der Waals surface area contributed by atoms with Gasteiger partial charge in [-0.25, -0.2) is 0 Å². The Morgan fingerprint density at radius 3 is 2.78 bits per heavy atom. The zero-order chi connectivity index (χ0) is 23.1. The number of phenols is 1. The molecule has 1 aliphatic rings. The van der Waals surface area contributed by atoms with Gasteiger partial charge in [-0.1, -0.05) is 24.3 Å². The minimum absolute atomic E-state index is 0.0363. The van der Waals surface area contributed by atoms with Crippen molar-refractivity contribution in [2.24, 2.45) is 5.92 Å². The van der Waals surface area contributed by atoms with Crippen molar-refractivity contribution in [3.05, 3.63) is 41.7 Å². The van der Waals surface area contributed by atoms with E-state index in [1.54, 1.807) is 21.7 Å². The molecule has 0 spiro atoms. The van der Waals surface area contributed by atoms with Crippen molar-refractivity contribution in [1.29, 1.82) is 0 Å². The van der Waals surface area contributed by atoms with E-state index in [0.717, 1.165) is 11.3 Å². The first-order valence-corrected chi connectivity index (χ1v) is 11.2. The van der Waals surface area contributed by atoms with Gasteiger partial charge in [-0.05, 0) is 38.1 Å². The third kappa shape index (κ3) is 6.75. The van der Waals surface area contributed by atoms with Gasteiger partial charge in [0.25, 0.3) is 0 Å². The van der Waals surface area contributed by atoms with Crippen LogP contribution in [-0.4, -0.2) is 79.8 Å². The number of amides is 1. The van der Waals surface area contributed by atoms with Gasteiger partial charge in [0.2, 0.25) is 5.91 Å². The maximum Gasteiger partial charge on any atom is 0.222 e. The van der Waals surface area contributed by atoms with Gasteiger partial charge >= 0.3 is 0 Å². The fourth-order valence-electron chi connectivity index (χ4n) is 3.98. The van der Waals surface area contributed by atoms with Crippen LogP contribution >= 0.6 is 0 Å². The molecule has 2 N–H and O–H groups in total. The van der Waals surface area contributed by atoms with E-state index in [9.17, 15) is 15.0 Å². The summed E-state index contributed by atoms with van der Waals surface area (Å²) in [6.45, 7) is 6.74. The SMILES string of the molecule is C[C@@H]1CN([C@@H](C)CO)C(=O)CCCn2cc(nn2)CO[C@H]1CN(C)Cc1ccc(O)cc1. The first-order valence-electron chi connectivity index (χ1n) is 11.2. The van der Waals surface area contributed by atoms with E-state index >= 15 is 0 Å². The van der Waals surface area contributed by atoms with E-state index in [2.05, 4.69) is 22.1 Å². The Bertz CT molecular complexity index is 856. The molecular formula is C23H35N5O4. The quantitative estimate of drug-likeness (QED) is 0.697. The van der Waals surface area contributed by atoms with Gasteiger partial charge < -0.3 is 19.8 Å². The molecule has 2 bridgehead atoms. The van der Waals surface area contributed by atoms with Gasteiger partial charge in [0, 0.05) is 38.5 Å². The van der Waals surface area contributed by atoms with E-state index in [1.165, 1.54) is 0 Å². The fraction of sp³-hybridized carbons (Fsp3) is 0.609. The van der Waals surface area contributed by atoms with Crippen LogP contribution in [0.4, 0.5) is 0 Å². The minimum atomic E-state index is -0.247. The lowest BCUT2D eigenvalue weighted by Gasteiger charge is -2.35. The van der Waals surface area contributed by atoms with Gasteiger partial charge in [-0.3, -0.25) is 14.4 Å². The largest absolute Gasteiger partial charge is 0.508 e. The molecule has 3 atom stereocenters. The normalized spacial score (nSPS) is 21.7. The third-order valence-corrected chi connectivity index (χ3v) is 5.93. The van der Waals surface area contributed by atoms with E-state index < -0.39 is 0 Å². The molecule has 2 heterocycles. The molecule has 1 amide bonds. The molecular weight excluding hydrogens is 410 g/mol. The van der Waals surface area contributed by atoms with Crippen molar-refractivity contribution in [3.8, 4) is 5.75 Å². The molecule has 3 rings (SSSR count). The number of likely N-dealkylation sites (N-methyl/N-ethyl adjacent to an activating group) is 1. The highest BCUT2D eigenvalue weighted by Crippen LogP contribution is 2.18. The van der Waals surface area contributed by atoms with Gasteiger partial charge in [-0.15, -0.1) is 5.10 Å². The third-order valence-electron chi connectivity index (χ3n) is 5.93. The molecule has 0 fully saturated rings. The number of carbonyl (C=O) groups is 1. The summed E-state index contributed by atoms with van der Waals surface area (Å²) < 4.78 is 8.04. The zero-order valence-corrected chi connectivity index (χ0v) is 19.2. The lowest BCUT2D eigenvalue weighted by atomic mass is 10.0. The van der Waals surface area contributed by atoms with Gasteiger partial charge in [0.05, 0.1) is 31.6 Å². The Morgan fingerprint density at radius 1 is 1.31 bits per heavy atom. The predicted molar refractivity (Wildman–Crippen MR) is 120 cm³/mol. The molecule has 9 nitrogen and oxygen atoms in total. The number of hydrogen-bond donors (Lipinski definition) is 2. The van der Waals surface area contributed by atoms with Gasteiger partial charge in [0.15, 0.2) is 0 Å². The summed E-state index contributed by atoms with van der Waals surface area (Å²) in [5, 5.41) is 27.6. The molecule has 1 aromatic heterocycles. The van der Waals surface area contributed by atoms with Crippen molar-refractivity contribution in [2.75, 3.05) is 26.7 Å². The smallest absolute Gasteiger partial charge is 0.222 e. The number of ether oxygens (including phenoxy) is 1. The summed E-state index contributed by atoms with van der Waals surface area (Å²) in [5.74, 6) is 0.333. The molecule has 1 aromatic carbocycles. The number of aromatic nitrogens is 3. The van der Waals surface area contributed by atoms with Crippen molar-refractivity contribution in [3.63, 3.8) is 0 Å². The van der Waals surface area contributed by atoms with Crippen LogP contribution in [0.25, 0.3) is 0 Å². The van der Waals surface area contributed by atoms with Crippen LogP contribution in [0, 0.1) is 5.92 Å². The number of carbonyl (C=O) groups excluding carboxylic acids is 1. The number of benzene rings is 1. The molecule has 176 valence electrons. The minimum Gasteiger partial charge on any atom is -0.508 e. The molecule has 1 aliphatic heterocycles. The predicted octanol–water partition coefficient (Wildman–Crippen LogP) is 1.64. The highest BCUT2D eigenvalue weighted by molar-refractivity contribution is 5.76. The second-order valence-corrected chi connectivity index (χ2v) is 8.84. The second kappa shape index (κ2) is 11.4. The molecule has 32 heavy (non-hydrogen) atoms. The van der Waals surface area contributed by atoms with Crippen molar-refractivity contribution in [2.45, 2.75) is 58.5 Å². The Balaban J connectivity index is 1.75. The average Bonchev–Trinajstić information content (AvgIpc) is 3.23. The number of aryl methyl sites for hydroxylation is 1. The number of aliphatic hydroxyl groups excluding tert-OH is 1. The van der Waals surface area contributed by atoms with E-state index in [0.29, 0.717) is 45.6 Å². The van der Waals surface area contributed by atoms with Crippen LogP contribution in [-0.2, 0) is 29.2 Å². The number of fused-ring (bicyclic) bond motifs is 2. The standard InChI is InChI=1S/C23H35N5O4/c1-17-11-28(18(2)15-29)23(31)5-4-10-27-13-20(24-25-27)16-32-22(17)14-26(3)12-19-6-8-21(30)9-7-19/h6-9,13,17-18,22,29-30H,4-5,10-12,14-16H2,1-3H3/t17-,18+,22+/m1/s1. The summed E-state index contributed by atoms with van der Waals surface area (Å²) in [6.07, 6.45) is 2.80. The first-order chi connectivity index (χ1) is 15.4. The van der Waals surface area contributed by atoms with Crippen molar-refractivity contribution < 1.29 is 19.7 Å². The van der Waals surface area contributed by atoms with Crippen LogP contribution in [0.2, 0.25) is 0 Å². The molecule has 0 unspecified atom stereocenters. The summed E-state index contributed by atoms with van der Waals surface area (Å²) in [6, 6.07) is 6.93. The highest BCUT2D eigenvalue weighted by Gasteiger charge is 2.28. The zero-order valence-electron chi connectivity index (χ0n) is 19.2. The monoisotopic (exact) mass is 445 g/mol. The second-order valence-electron chi connectivity index (χ2n) is 8.84. The molecule has 0 aliphatic carbocycles. The Morgan fingerprint density at radius 2 is 2.06 bits per heavy atom. The van der Waals surface area contributed by atoms with E-state index in [1.807, 2.05) is 32.3 Å². The molecule has 0 radical (unpaired) electrons. The number of aromatic hydroxyl groups is 1. The molecule has 0 saturated carbocycles. The number of rotatable bonds is 6. The number of phenolic OH excluding ortho intramolecular Hbond substituents is 1. The van der Waals surface area contributed by atoms with Crippen LogP contribution < -0.4 is 0 Å². The molecule has 2 aromatic rings. The topological polar surface area (TPSA) is 104 Å². The number of hydrogen-bond acceptors (Lipinski definition) is 7. The fourth-order valence-corrected chi connectivity index (χ4v) is 3.98. The maximum absolute atomic E-state index is 12.9. The van der Waals surface area contributed by atoms with Crippen LogP contribution in [0.15, 0.2) is 30.5 Å². The molecule has 9 heteroatoms. The average molecular weight is 446 g/mol. The van der Waals surface area contributed by atoms with Crippen LogP contribution in [0.5, 0.6) is 5.75 Å². The highest BCUT2D eigenvalue weighted by atomic mass is 16.5. The number of aliphatic hydroxyl groups is 1. The summed E-state index contributed by atoms with van der Waals surface area (Å²) >= 11 is 0. The molecule has 0 saturated heterocycles. The summed E-state index contributed by atoms with van der Waals surface area (Å²) in [5.41, 5.74) is 1.87. The lowest BCUT2D eigenvalue weighted by molar-refractivity contribution is -0.136. The van der Waals surface area contributed by atoms with Crippen LogP contribution in [0.3, 0.4) is 0 Å². The summed E-state index contributed by atoms with van der Waals surface area (Å²) in [7, 11) is 2.03.